The number of carbonyl (C=O) groups excluding carboxylic acids is 2. The number of halogens is 3. The molecule has 2 aromatic carbocycles. The van der Waals surface area contributed by atoms with Crippen molar-refractivity contribution in [2.24, 2.45) is 5.92 Å². The maximum Gasteiger partial charge on any atom is 0.422 e. The molecule has 10 nitrogen and oxygen atoms in total. The van der Waals surface area contributed by atoms with E-state index in [1.807, 2.05) is 19.3 Å². The van der Waals surface area contributed by atoms with E-state index in [2.05, 4.69) is 10.2 Å². The minimum absolute atomic E-state index is 0.0788. The van der Waals surface area contributed by atoms with E-state index in [9.17, 15) is 32.9 Å². The summed E-state index contributed by atoms with van der Waals surface area (Å²) in [7, 11) is 1.39. The normalized spacial score (nSPS) is 11.1. The van der Waals surface area contributed by atoms with Gasteiger partial charge in [0.25, 0.3) is 17.5 Å². The first-order valence-electron chi connectivity index (χ1n) is 10.3. The summed E-state index contributed by atoms with van der Waals surface area (Å²) in [5, 5.41) is 11.2. The molecular formula is C22H24F3N3O7. The van der Waals surface area contributed by atoms with Crippen LogP contribution in [0.15, 0.2) is 36.4 Å². The Balaban J connectivity index is 2.11. The summed E-state index contributed by atoms with van der Waals surface area (Å²) >= 11 is 0. The van der Waals surface area contributed by atoms with Gasteiger partial charge in [-0.1, -0.05) is 13.8 Å². The summed E-state index contributed by atoms with van der Waals surface area (Å²) in [6.45, 7) is 2.88. The molecule has 0 aliphatic rings. The fraction of sp³-hybridized carbons (Fsp3) is 0.364. The number of alkyl halides is 3. The Morgan fingerprint density at radius 3 is 2.31 bits per heavy atom. The number of amides is 2. The summed E-state index contributed by atoms with van der Waals surface area (Å²) in [5.41, 5.74) is 2.86. The van der Waals surface area contributed by atoms with Crippen molar-refractivity contribution < 1.29 is 41.9 Å². The van der Waals surface area contributed by atoms with E-state index in [0.717, 1.165) is 24.6 Å². The third-order valence-electron chi connectivity index (χ3n) is 4.48. The summed E-state index contributed by atoms with van der Waals surface area (Å²) in [4.78, 5) is 35.2. The Hall–Kier alpha value is -4.03. The molecule has 35 heavy (non-hydrogen) atoms. The Morgan fingerprint density at radius 2 is 1.71 bits per heavy atom. The Bertz CT molecular complexity index is 1070. The number of nitrogens with one attached hydrogen (secondary N) is 2. The molecule has 0 unspecified atom stereocenters. The molecule has 190 valence electrons. The number of rotatable bonds is 10. The van der Waals surface area contributed by atoms with E-state index in [1.54, 1.807) is 0 Å². The van der Waals surface area contributed by atoms with Gasteiger partial charge in [0.2, 0.25) is 0 Å². The molecule has 13 heteroatoms. The van der Waals surface area contributed by atoms with Gasteiger partial charge < -0.3 is 14.2 Å². The predicted octanol–water partition coefficient (Wildman–Crippen LogP) is 4.04. The second kappa shape index (κ2) is 11.9. The van der Waals surface area contributed by atoms with Gasteiger partial charge in [-0.3, -0.25) is 30.6 Å². The summed E-state index contributed by atoms with van der Waals surface area (Å²) in [5.74, 6) is -1.21. The van der Waals surface area contributed by atoms with E-state index in [-0.39, 0.29) is 11.3 Å². The molecule has 2 aromatic rings. The molecule has 0 spiro atoms. The first-order chi connectivity index (χ1) is 16.4. The third kappa shape index (κ3) is 8.36. The second-order valence-corrected chi connectivity index (χ2v) is 7.64. The van der Waals surface area contributed by atoms with Crippen LogP contribution in [0.3, 0.4) is 0 Å². The second-order valence-electron chi connectivity index (χ2n) is 7.64. The SMILES string of the molecule is COc1cc(C(=O)NNC(=O)c2cc(OCC(F)(F)F)ccc2[N+](=O)[O-])ccc1OCCC(C)C. The summed E-state index contributed by atoms with van der Waals surface area (Å²) in [6.07, 6.45) is -3.83. The molecule has 0 radical (unpaired) electrons. The lowest BCUT2D eigenvalue weighted by Gasteiger charge is -2.14. The smallest absolute Gasteiger partial charge is 0.422 e. The van der Waals surface area contributed by atoms with Crippen LogP contribution in [-0.4, -0.2) is 43.2 Å². The lowest BCUT2D eigenvalue weighted by molar-refractivity contribution is -0.385. The van der Waals surface area contributed by atoms with Crippen LogP contribution in [0.4, 0.5) is 18.9 Å². The van der Waals surface area contributed by atoms with Crippen LogP contribution in [0.2, 0.25) is 0 Å². The zero-order chi connectivity index (χ0) is 26.2. The minimum atomic E-state index is -4.64. The lowest BCUT2D eigenvalue weighted by atomic mass is 10.1. The molecule has 0 saturated carbocycles. The van der Waals surface area contributed by atoms with Crippen LogP contribution in [-0.2, 0) is 0 Å². The summed E-state index contributed by atoms with van der Waals surface area (Å²) < 4.78 is 52.5. The predicted molar refractivity (Wildman–Crippen MR) is 118 cm³/mol. The number of nitro benzene ring substituents is 1. The van der Waals surface area contributed by atoms with Gasteiger partial charge in [-0.25, -0.2) is 0 Å². The fourth-order valence-electron chi connectivity index (χ4n) is 2.70. The largest absolute Gasteiger partial charge is 0.493 e. The van der Waals surface area contributed by atoms with E-state index in [4.69, 9.17) is 9.47 Å². The number of nitrogens with zero attached hydrogens (tertiary/aromatic N) is 1. The molecule has 2 rings (SSSR count). The van der Waals surface area contributed by atoms with E-state index in [0.29, 0.717) is 18.3 Å². The highest BCUT2D eigenvalue weighted by atomic mass is 19.4. The summed E-state index contributed by atoms with van der Waals surface area (Å²) in [6, 6.07) is 6.84. The number of nitro groups is 1. The highest BCUT2D eigenvalue weighted by molar-refractivity contribution is 6.01. The van der Waals surface area contributed by atoms with Gasteiger partial charge in [-0.05, 0) is 42.7 Å². The maximum atomic E-state index is 12.5. The zero-order valence-electron chi connectivity index (χ0n) is 19.1. The van der Waals surface area contributed by atoms with Crippen molar-refractivity contribution in [3.63, 3.8) is 0 Å². The average molecular weight is 499 g/mol. The van der Waals surface area contributed by atoms with Crippen LogP contribution in [0.25, 0.3) is 0 Å². The van der Waals surface area contributed by atoms with Gasteiger partial charge in [0.1, 0.15) is 11.3 Å². The highest BCUT2D eigenvalue weighted by Gasteiger charge is 2.29. The van der Waals surface area contributed by atoms with Crippen LogP contribution in [0, 0.1) is 16.0 Å². The molecule has 0 aromatic heterocycles. The maximum absolute atomic E-state index is 12.5. The van der Waals surface area contributed by atoms with Crippen molar-refractivity contribution in [3.05, 3.63) is 57.6 Å². The number of hydrogen-bond donors (Lipinski definition) is 2. The Kier molecular flexibility index (Phi) is 9.26. The topological polar surface area (TPSA) is 129 Å². The van der Waals surface area contributed by atoms with Gasteiger partial charge >= 0.3 is 6.18 Å². The van der Waals surface area contributed by atoms with Gasteiger partial charge in [-0.2, -0.15) is 13.2 Å². The molecule has 0 saturated heterocycles. The lowest BCUT2D eigenvalue weighted by Crippen LogP contribution is -2.41. The molecule has 0 aliphatic heterocycles. The van der Waals surface area contributed by atoms with Crippen molar-refractivity contribution in [3.8, 4) is 17.2 Å². The first-order valence-corrected chi connectivity index (χ1v) is 10.3. The van der Waals surface area contributed by atoms with Gasteiger partial charge in [0.15, 0.2) is 18.1 Å². The number of carbonyl (C=O) groups is 2. The zero-order valence-corrected chi connectivity index (χ0v) is 19.1. The molecule has 0 aliphatic carbocycles. The van der Waals surface area contributed by atoms with Crippen LogP contribution >= 0.6 is 0 Å². The molecule has 2 amide bonds. The van der Waals surface area contributed by atoms with Crippen molar-refractivity contribution in [2.75, 3.05) is 20.3 Å². The number of hydrazine groups is 1. The number of ether oxygens (including phenoxy) is 3. The molecular weight excluding hydrogens is 475 g/mol. The van der Waals surface area contributed by atoms with Crippen molar-refractivity contribution in [1.29, 1.82) is 0 Å². The van der Waals surface area contributed by atoms with Crippen LogP contribution < -0.4 is 25.1 Å². The number of hydrogen-bond acceptors (Lipinski definition) is 7. The van der Waals surface area contributed by atoms with Gasteiger partial charge in [0.05, 0.1) is 18.6 Å². The van der Waals surface area contributed by atoms with Gasteiger partial charge in [0, 0.05) is 11.6 Å². The van der Waals surface area contributed by atoms with Crippen molar-refractivity contribution >= 4 is 17.5 Å². The molecule has 0 heterocycles. The minimum Gasteiger partial charge on any atom is -0.493 e. The van der Waals surface area contributed by atoms with Crippen LogP contribution in [0.5, 0.6) is 17.2 Å². The van der Waals surface area contributed by atoms with E-state index >= 15 is 0 Å². The fourth-order valence-corrected chi connectivity index (χ4v) is 2.70. The molecule has 2 N–H and O–H groups in total. The quantitative estimate of drug-likeness (QED) is 0.373. The Labute approximate surface area is 198 Å². The number of benzene rings is 2. The highest BCUT2D eigenvalue weighted by Crippen LogP contribution is 2.29. The van der Waals surface area contributed by atoms with E-state index in [1.165, 1.54) is 25.3 Å². The van der Waals surface area contributed by atoms with Crippen molar-refractivity contribution in [2.45, 2.75) is 26.4 Å². The monoisotopic (exact) mass is 499 g/mol. The molecule has 0 fully saturated rings. The third-order valence-corrected chi connectivity index (χ3v) is 4.48. The van der Waals surface area contributed by atoms with Crippen molar-refractivity contribution in [1.82, 2.24) is 10.9 Å². The van der Waals surface area contributed by atoms with E-state index < -0.39 is 46.5 Å². The standard InChI is InChI=1S/C22H24F3N3O7/c1-13(2)8-9-34-18-7-4-14(10-19(18)33-3)20(29)26-27-21(30)16-11-15(35-12-22(23,24)25)5-6-17(16)28(31)32/h4-7,10-11,13H,8-9,12H2,1-3H3,(H,26,29)(H,27,30). The Morgan fingerprint density at radius 1 is 1.03 bits per heavy atom. The average Bonchev–Trinajstić information content (AvgIpc) is 2.80. The molecule has 0 bridgehead atoms. The molecule has 0 atom stereocenters. The van der Waals surface area contributed by atoms with Crippen LogP contribution in [0.1, 0.15) is 41.0 Å². The first kappa shape index (κ1) is 27.2. The number of methoxy groups -OCH3 is 1. The van der Waals surface area contributed by atoms with Gasteiger partial charge in [-0.15, -0.1) is 0 Å².